The van der Waals surface area contributed by atoms with Crippen molar-refractivity contribution in [1.29, 1.82) is 0 Å². The van der Waals surface area contributed by atoms with Gasteiger partial charge in [0, 0.05) is 19.6 Å². The number of benzene rings is 1. The molecule has 4 aromatic rings. The highest BCUT2D eigenvalue weighted by atomic mass is 32.2. The molecular weight excluding hydrogens is 462 g/mol. The average Bonchev–Trinajstić information content (AvgIpc) is 3.56. The largest absolute Gasteiger partial charge is 0.461 e. The molecule has 0 spiro atoms. The first-order chi connectivity index (χ1) is 16.0. The van der Waals surface area contributed by atoms with Crippen molar-refractivity contribution in [2.75, 3.05) is 18.9 Å². The van der Waals surface area contributed by atoms with Crippen LogP contribution in [0.4, 0.5) is 0 Å². The number of piperidine rings is 1. The second kappa shape index (κ2) is 8.84. The summed E-state index contributed by atoms with van der Waals surface area (Å²) >= 11 is 1.41. The quantitative estimate of drug-likeness (QED) is 0.311. The van der Waals surface area contributed by atoms with Crippen molar-refractivity contribution in [2.24, 2.45) is 0 Å². The fourth-order valence-electron chi connectivity index (χ4n) is 4.12. The van der Waals surface area contributed by atoms with E-state index in [4.69, 9.17) is 15.2 Å². The van der Waals surface area contributed by atoms with Crippen LogP contribution in [-0.4, -0.2) is 50.2 Å². The van der Waals surface area contributed by atoms with Gasteiger partial charge in [-0.1, -0.05) is 18.2 Å². The third-order valence-electron chi connectivity index (χ3n) is 5.80. The summed E-state index contributed by atoms with van der Waals surface area (Å²) in [6, 6.07) is 8.74. The van der Waals surface area contributed by atoms with E-state index in [0.717, 1.165) is 30.6 Å². The Hall–Kier alpha value is -2.83. The highest BCUT2D eigenvalue weighted by Gasteiger charge is 2.27. The van der Waals surface area contributed by atoms with Gasteiger partial charge in [-0.25, -0.2) is 18.1 Å². The summed E-state index contributed by atoms with van der Waals surface area (Å²) in [7, 11) is -3.51. The van der Waals surface area contributed by atoms with Gasteiger partial charge in [0.2, 0.25) is 21.0 Å². The lowest BCUT2D eigenvalue weighted by Gasteiger charge is -2.25. The minimum absolute atomic E-state index is 0.293. The van der Waals surface area contributed by atoms with Gasteiger partial charge in [0.15, 0.2) is 5.76 Å². The molecule has 1 aliphatic heterocycles. The molecule has 33 heavy (non-hydrogen) atoms. The number of hydrogen-bond donors (Lipinski definition) is 1. The number of nitrogen functional groups attached to an aromatic ring is 1. The second-order valence-corrected chi connectivity index (χ2v) is 10.7. The molecule has 1 aromatic carbocycles. The number of hydrogen-bond acceptors (Lipinski definition) is 8. The summed E-state index contributed by atoms with van der Waals surface area (Å²) in [5.41, 5.74) is 1.56. The summed E-state index contributed by atoms with van der Waals surface area (Å²) in [5.74, 6) is 8.46. The molecule has 0 amide bonds. The normalized spacial score (nSPS) is 15.4. The first kappa shape index (κ1) is 22.0. The Morgan fingerprint density at radius 2 is 1.97 bits per heavy atom. The number of fused-ring (bicyclic) bond motifs is 1. The molecule has 0 saturated carbocycles. The van der Waals surface area contributed by atoms with E-state index in [2.05, 4.69) is 14.8 Å². The van der Waals surface area contributed by atoms with Crippen LogP contribution in [-0.2, 0) is 22.3 Å². The molecule has 2 N–H and O–H groups in total. The zero-order chi connectivity index (χ0) is 23.0. The van der Waals surface area contributed by atoms with Gasteiger partial charge in [-0.15, -0.1) is 10.2 Å². The number of imidazole rings is 1. The van der Waals surface area contributed by atoms with Gasteiger partial charge in [-0.3, -0.25) is 0 Å². The number of nitrogens with zero attached hydrogens (tertiary/aromatic N) is 6. The predicted octanol–water partition coefficient (Wildman–Crippen LogP) is 3.09. The Bertz CT molecular complexity index is 1370. The molecule has 3 aromatic heterocycles. The number of aryl methyl sites for hydroxylation is 1. The van der Waals surface area contributed by atoms with Crippen molar-refractivity contribution in [1.82, 2.24) is 28.7 Å². The van der Waals surface area contributed by atoms with Crippen molar-refractivity contribution in [2.45, 2.75) is 48.5 Å². The topological polar surface area (TPSA) is 125 Å². The number of nitrogens with two attached hydrogens (primary N) is 1. The van der Waals surface area contributed by atoms with Crippen molar-refractivity contribution in [3.8, 4) is 11.6 Å². The monoisotopic (exact) mass is 487 g/mol. The van der Waals surface area contributed by atoms with Crippen LogP contribution in [0, 0.1) is 0 Å². The van der Waals surface area contributed by atoms with Crippen LogP contribution in [0.25, 0.3) is 22.6 Å². The average molecular weight is 488 g/mol. The maximum absolute atomic E-state index is 13.1. The summed E-state index contributed by atoms with van der Waals surface area (Å²) in [6.45, 7) is 3.89. The van der Waals surface area contributed by atoms with Crippen molar-refractivity contribution in [3.63, 3.8) is 0 Å². The molecule has 10 nitrogen and oxygen atoms in total. The van der Waals surface area contributed by atoms with Gasteiger partial charge in [0.05, 0.1) is 27.9 Å². The third-order valence-corrected chi connectivity index (χ3v) is 8.64. The molecule has 0 bridgehead atoms. The zero-order valence-corrected chi connectivity index (χ0v) is 19.8. The molecule has 0 radical (unpaired) electrons. The van der Waals surface area contributed by atoms with Crippen LogP contribution in [0.1, 0.15) is 32.0 Å². The van der Waals surface area contributed by atoms with E-state index in [1.165, 1.54) is 16.4 Å². The number of aromatic nitrogens is 5. The van der Waals surface area contributed by atoms with Crippen molar-refractivity contribution in [3.05, 3.63) is 42.4 Å². The lowest BCUT2D eigenvalue weighted by Crippen LogP contribution is -2.35. The van der Waals surface area contributed by atoms with Crippen LogP contribution < -0.4 is 5.84 Å². The summed E-state index contributed by atoms with van der Waals surface area (Å²) < 4.78 is 36.6. The molecule has 0 unspecified atom stereocenters. The Labute approximate surface area is 195 Å². The zero-order valence-electron chi connectivity index (χ0n) is 18.2. The molecule has 174 valence electrons. The lowest BCUT2D eigenvalue weighted by molar-refractivity contribution is 0.346. The maximum atomic E-state index is 13.1. The Morgan fingerprint density at radius 1 is 1.15 bits per heavy atom. The molecule has 12 heteroatoms. The standard InChI is InChI=1S/C21H25N7O3S2/c1-2-27-17-9-8-15(33(29,30)26-10-4-3-5-11-26)13-16(17)23-19(27)14-32-21-25-24-20(28(21)22)18-7-6-12-31-18/h6-9,12-13H,2-5,10-11,14,22H2,1H3. The van der Waals surface area contributed by atoms with E-state index >= 15 is 0 Å². The number of sulfonamides is 1. The van der Waals surface area contributed by atoms with Gasteiger partial charge in [-0.2, -0.15) is 4.31 Å². The Balaban J connectivity index is 1.41. The molecule has 1 fully saturated rings. The highest BCUT2D eigenvalue weighted by molar-refractivity contribution is 7.98. The van der Waals surface area contributed by atoms with Gasteiger partial charge in [-0.05, 0) is 50.1 Å². The SMILES string of the molecule is CCn1c(CSc2nnc(-c3ccco3)n2N)nc2cc(S(=O)(=O)N3CCCCC3)ccc21. The minimum atomic E-state index is -3.51. The maximum Gasteiger partial charge on any atom is 0.243 e. The molecule has 1 saturated heterocycles. The summed E-state index contributed by atoms with van der Waals surface area (Å²) in [6.07, 6.45) is 4.44. The van der Waals surface area contributed by atoms with E-state index in [-0.39, 0.29) is 0 Å². The van der Waals surface area contributed by atoms with Gasteiger partial charge < -0.3 is 14.8 Å². The van der Waals surface area contributed by atoms with Gasteiger partial charge in [0.25, 0.3) is 0 Å². The second-order valence-electron chi connectivity index (χ2n) is 7.83. The number of rotatable bonds is 7. The van der Waals surface area contributed by atoms with Crippen LogP contribution in [0.2, 0.25) is 0 Å². The molecule has 5 rings (SSSR count). The van der Waals surface area contributed by atoms with Crippen LogP contribution in [0.15, 0.2) is 51.1 Å². The smallest absolute Gasteiger partial charge is 0.243 e. The van der Waals surface area contributed by atoms with E-state index in [9.17, 15) is 8.42 Å². The van der Waals surface area contributed by atoms with Crippen LogP contribution >= 0.6 is 11.8 Å². The van der Waals surface area contributed by atoms with Gasteiger partial charge >= 0.3 is 0 Å². The first-order valence-electron chi connectivity index (χ1n) is 10.9. The fraction of sp³-hybridized carbons (Fsp3) is 0.381. The first-order valence-corrected chi connectivity index (χ1v) is 13.3. The Morgan fingerprint density at radius 3 is 2.70 bits per heavy atom. The van der Waals surface area contributed by atoms with E-state index in [0.29, 0.717) is 52.5 Å². The van der Waals surface area contributed by atoms with E-state index < -0.39 is 10.0 Å². The third kappa shape index (κ3) is 4.02. The van der Waals surface area contributed by atoms with Crippen LogP contribution in [0.5, 0.6) is 0 Å². The summed E-state index contributed by atoms with van der Waals surface area (Å²) in [4.78, 5) is 5.04. The number of furan rings is 1. The van der Waals surface area contributed by atoms with E-state index in [1.54, 1.807) is 34.8 Å². The van der Waals surface area contributed by atoms with Gasteiger partial charge in [0.1, 0.15) is 5.82 Å². The van der Waals surface area contributed by atoms with Crippen molar-refractivity contribution >= 4 is 32.8 Å². The number of thioether (sulfide) groups is 1. The molecule has 0 atom stereocenters. The molecule has 1 aliphatic rings. The highest BCUT2D eigenvalue weighted by Crippen LogP contribution is 2.28. The summed E-state index contributed by atoms with van der Waals surface area (Å²) in [5, 5.41) is 8.81. The molecule has 4 heterocycles. The Kier molecular flexibility index (Phi) is 5.89. The van der Waals surface area contributed by atoms with Crippen molar-refractivity contribution < 1.29 is 12.8 Å². The predicted molar refractivity (Wildman–Crippen MR) is 125 cm³/mol. The molecular formula is C21H25N7O3S2. The molecule has 0 aliphatic carbocycles. The van der Waals surface area contributed by atoms with Crippen LogP contribution in [0.3, 0.4) is 0 Å². The van der Waals surface area contributed by atoms with E-state index in [1.807, 2.05) is 13.0 Å². The lowest BCUT2D eigenvalue weighted by atomic mass is 10.2. The minimum Gasteiger partial charge on any atom is -0.461 e. The fourth-order valence-corrected chi connectivity index (χ4v) is 6.46.